The maximum atomic E-state index is 13.1. The second kappa shape index (κ2) is 5.48. The molecule has 1 aromatic carbocycles. The molecular weight excluding hydrogens is 275 g/mol. The lowest BCUT2D eigenvalue weighted by molar-refractivity contribution is 0.277. The Morgan fingerprint density at radius 3 is 2.90 bits per heavy atom. The van der Waals surface area contributed by atoms with E-state index in [4.69, 9.17) is 5.11 Å². The summed E-state index contributed by atoms with van der Waals surface area (Å²) in [7, 11) is 0. The van der Waals surface area contributed by atoms with E-state index in [-0.39, 0.29) is 12.4 Å². The van der Waals surface area contributed by atoms with Gasteiger partial charge in [0.1, 0.15) is 10.8 Å². The Kier molecular flexibility index (Phi) is 3.54. The molecule has 1 N–H and O–H groups in total. The van der Waals surface area contributed by atoms with E-state index in [1.807, 2.05) is 24.3 Å². The number of pyridine rings is 1. The number of nitrogens with zero attached hydrogens (tertiary/aromatic N) is 2. The number of aliphatic hydroxyl groups excluding tert-OH is 1. The van der Waals surface area contributed by atoms with Gasteiger partial charge in [0.2, 0.25) is 0 Å². The third-order valence-electron chi connectivity index (χ3n) is 2.75. The van der Waals surface area contributed by atoms with Gasteiger partial charge in [-0.3, -0.25) is 4.98 Å². The molecule has 0 aliphatic heterocycles. The molecule has 0 spiro atoms. The highest BCUT2D eigenvalue weighted by Crippen LogP contribution is 2.24. The van der Waals surface area contributed by atoms with Gasteiger partial charge in [-0.1, -0.05) is 6.07 Å². The van der Waals surface area contributed by atoms with Crippen molar-refractivity contribution in [2.75, 3.05) is 0 Å². The lowest BCUT2D eigenvalue weighted by Crippen LogP contribution is -1.89. The summed E-state index contributed by atoms with van der Waals surface area (Å²) in [6.07, 6.45) is 3.67. The summed E-state index contributed by atoms with van der Waals surface area (Å²) in [5, 5.41) is 9.83. The molecule has 100 valence electrons. The molecule has 0 radical (unpaired) electrons. The average molecular weight is 286 g/mol. The van der Waals surface area contributed by atoms with Crippen molar-refractivity contribution >= 4 is 33.7 Å². The number of aliphatic hydroxyl groups is 1. The lowest BCUT2D eigenvalue weighted by Gasteiger charge is -1.96. The first kappa shape index (κ1) is 12.9. The van der Waals surface area contributed by atoms with Crippen molar-refractivity contribution in [1.82, 2.24) is 9.97 Å². The van der Waals surface area contributed by atoms with Crippen molar-refractivity contribution in [3.05, 3.63) is 58.6 Å². The monoisotopic (exact) mass is 286 g/mol. The standard InChI is InChI=1S/C15H11FN2OS/c16-10-4-6-14-13(8-10)18-15(20-14)7-5-11-2-1-3-12(9-19)17-11/h1-8,19H,9H2. The molecule has 2 aromatic heterocycles. The molecule has 0 aliphatic rings. The third kappa shape index (κ3) is 2.74. The van der Waals surface area contributed by atoms with Crippen molar-refractivity contribution < 1.29 is 9.50 Å². The van der Waals surface area contributed by atoms with E-state index >= 15 is 0 Å². The Morgan fingerprint density at radius 2 is 2.05 bits per heavy atom. The maximum absolute atomic E-state index is 13.1. The molecular formula is C15H11FN2OS. The maximum Gasteiger partial charge on any atom is 0.125 e. The molecule has 3 aromatic rings. The van der Waals surface area contributed by atoms with Gasteiger partial charge in [0.15, 0.2) is 0 Å². The Labute approximate surface area is 119 Å². The van der Waals surface area contributed by atoms with Crippen LogP contribution in [-0.2, 0) is 6.61 Å². The fraction of sp³-hybridized carbons (Fsp3) is 0.0667. The van der Waals surface area contributed by atoms with Crippen LogP contribution in [0.2, 0.25) is 0 Å². The van der Waals surface area contributed by atoms with Crippen molar-refractivity contribution in [2.45, 2.75) is 6.61 Å². The normalized spacial score (nSPS) is 11.5. The summed E-state index contributed by atoms with van der Waals surface area (Å²) < 4.78 is 14.0. The third-order valence-corrected chi connectivity index (χ3v) is 3.75. The zero-order valence-electron chi connectivity index (χ0n) is 10.5. The fourth-order valence-corrected chi connectivity index (χ4v) is 2.68. The quantitative estimate of drug-likeness (QED) is 0.801. The summed E-state index contributed by atoms with van der Waals surface area (Å²) in [4.78, 5) is 8.60. The summed E-state index contributed by atoms with van der Waals surface area (Å²) in [5.41, 5.74) is 2.03. The SMILES string of the molecule is OCc1cccc(C=Cc2nc3cc(F)ccc3s2)n1. The lowest BCUT2D eigenvalue weighted by atomic mass is 10.3. The van der Waals surface area contributed by atoms with E-state index < -0.39 is 0 Å². The molecule has 3 rings (SSSR count). The van der Waals surface area contributed by atoms with Gasteiger partial charge in [-0.2, -0.15) is 0 Å². The smallest absolute Gasteiger partial charge is 0.125 e. The van der Waals surface area contributed by atoms with Crippen molar-refractivity contribution in [1.29, 1.82) is 0 Å². The second-order valence-corrected chi connectivity index (χ2v) is 5.27. The van der Waals surface area contributed by atoms with Crippen molar-refractivity contribution in [3.8, 4) is 0 Å². The van der Waals surface area contributed by atoms with Crippen molar-refractivity contribution in [2.24, 2.45) is 0 Å². The van der Waals surface area contributed by atoms with Gasteiger partial charge in [0.25, 0.3) is 0 Å². The molecule has 0 fully saturated rings. The van der Waals surface area contributed by atoms with Crippen LogP contribution in [0.15, 0.2) is 36.4 Å². The Bertz CT molecular complexity index is 782. The Hall–Kier alpha value is -2.11. The van der Waals surface area contributed by atoms with Crippen LogP contribution >= 0.6 is 11.3 Å². The fourth-order valence-electron chi connectivity index (χ4n) is 1.83. The van der Waals surface area contributed by atoms with Crippen LogP contribution in [-0.4, -0.2) is 15.1 Å². The molecule has 0 atom stereocenters. The van der Waals surface area contributed by atoms with Gasteiger partial charge in [-0.15, -0.1) is 11.3 Å². The topological polar surface area (TPSA) is 46.0 Å². The number of hydrogen-bond acceptors (Lipinski definition) is 4. The molecule has 0 unspecified atom stereocenters. The van der Waals surface area contributed by atoms with Crippen LogP contribution in [0.25, 0.3) is 22.4 Å². The largest absolute Gasteiger partial charge is 0.390 e. The van der Waals surface area contributed by atoms with Crippen LogP contribution in [0.4, 0.5) is 4.39 Å². The zero-order chi connectivity index (χ0) is 13.9. The van der Waals surface area contributed by atoms with Gasteiger partial charge < -0.3 is 5.11 Å². The summed E-state index contributed by atoms with van der Waals surface area (Å²) in [6.45, 7) is -0.0813. The number of fused-ring (bicyclic) bond motifs is 1. The summed E-state index contributed by atoms with van der Waals surface area (Å²) in [5.74, 6) is -0.282. The van der Waals surface area contributed by atoms with Gasteiger partial charge in [0.05, 0.1) is 28.2 Å². The minimum atomic E-state index is -0.282. The Balaban J connectivity index is 1.89. The Morgan fingerprint density at radius 1 is 1.15 bits per heavy atom. The molecule has 0 aliphatic carbocycles. The van der Waals surface area contributed by atoms with Crippen LogP contribution in [0.1, 0.15) is 16.4 Å². The number of hydrogen-bond donors (Lipinski definition) is 1. The summed E-state index contributed by atoms with van der Waals surface area (Å²) >= 11 is 1.49. The van der Waals surface area contributed by atoms with E-state index in [2.05, 4.69) is 9.97 Å². The molecule has 0 amide bonds. The molecule has 3 nitrogen and oxygen atoms in total. The van der Waals surface area contributed by atoms with Gasteiger partial charge >= 0.3 is 0 Å². The van der Waals surface area contributed by atoms with Gasteiger partial charge in [-0.05, 0) is 36.4 Å². The minimum absolute atomic E-state index is 0.0813. The van der Waals surface area contributed by atoms with Crippen molar-refractivity contribution in [3.63, 3.8) is 0 Å². The number of benzene rings is 1. The van der Waals surface area contributed by atoms with E-state index in [1.165, 1.54) is 23.5 Å². The second-order valence-electron chi connectivity index (χ2n) is 4.21. The van der Waals surface area contributed by atoms with Crippen LogP contribution < -0.4 is 0 Å². The number of thiazole rings is 1. The minimum Gasteiger partial charge on any atom is -0.390 e. The molecule has 5 heteroatoms. The van der Waals surface area contributed by atoms with Crippen LogP contribution in [0.5, 0.6) is 0 Å². The molecule has 0 saturated carbocycles. The van der Waals surface area contributed by atoms with E-state index in [9.17, 15) is 4.39 Å². The highest BCUT2D eigenvalue weighted by molar-refractivity contribution is 7.19. The first-order valence-electron chi connectivity index (χ1n) is 6.05. The van der Waals surface area contributed by atoms with Crippen LogP contribution in [0, 0.1) is 5.82 Å². The van der Waals surface area contributed by atoms with Gasteiger partial charge in [0, 0.05) is 6.07 Å². The van der Waals surface area contributed by atoms with Crippen LogP contribution in [0.3, 0.4) is 0 Å². The van der Waals surface area contributed by atoms with E-state index in [0.717, 1.165) is 15.4 Å². The highest BCUT2D eigenvalue weighted by Gasteiger charge is 2.02. The zero-order valence-corrected chi connectivity index (χ0v) is 11.3. The first-order chi connectivity index (χ1) is 9.74. The average Bonchev–Trinajstić information content (AvgIpc) is 2.87. The van der Waals surface area contributed by atoms with E-state index in [1.54, 1.807) is 12.1 Å². The number of rotatable bonds is 3. The molecule has 20 heavy (non-hydrogen) atoms. The first-order valence-corrected chi connectivity index (χ1v) is 6.87. The predicted octanol–water partition coefficient (Wildman–Crippen LogP) is 3.49. The summed E-state index contributed by atoms with van der Waals surface area (Å²) in [6, 6.07) is 10.0. The predicted molar refractivity (Wildman–Crippen MR) is 78.7 cm³/mol. The van der Waals surface area contributed by atoms with E-state index in [0.29, 0.717) is 11.2 Å². The molecule has 2 heterocycles. The van der Waals surface area contributed by atoms with Gasteiger partial charge in [-0.25, -0.2) is 9.37 Å². The molecule has 0 saturated heterocycles. The number of aromatic nitrogens is 2. The number of halogens is 1. The highest BCUT2D eigenvalue weighted by atomic mass is 32.1. The molecule has 0 bridgehead atoms.